The average Bonchev–Trinajstić information content (AvgIpc) is 3.49. The van der Waals surface area contributed by atoms with Crippen molar-refractivity contribution < 1.29 is 32.5 Å². The van der Waals surface area contributed by atoms with Crippen molar-refractivity contribution in [3.05, 3.63) is 62.5 Å². The standard InChI is InChI=1S/C25H25ClN4O8S2/c1-13(2)23(32)18-9-15(11-29(18)24(33)17-10-20(26)39-25(17)40(27,36)37)28-21(31)12-38-19-8-7-14-5-3-4-6-16(14)22(19)30(34)35/h3-8,10,13,15,18H,9,11-12H2,1-2H3,(H,28,31)(H2,27,36,37)/t15-,18-/m1/s1. The Morgan fingerprint density at radius 1 is 1.25 bits per heavy atom. The molecule has 1 aromatic heterocycles. The Bertz CT molecular complexity index is 1620. The molecule has 40 heavy (non-hydrogen) atoms. The van der Waals surface area contributed by atoms with Crippen LogP contribution in [0.3, 0.4) is 0 Å². The highest BCUT2D eigenvalue weighted by molar-refractivity contribution is 7.91. The number of ketones is 1. The van der Waals surface area contributed by atoms with Gasteiger partial charge in [-0.25, -0.2) is 13.6 Å². The van der Waals surface area contributed by atoms with Gasteiger partial charge in [0.25, 0.3) is 11.8 Å². The van der Waals surface area contributed by atoms with Gasteiger partial charge in [-0.3, -0.25) is 24.5 Å². The molecule has 12 nitrogen and oxygen atoms in total. The Hall–Kier alpha value is -3.59. The molecule has 212 valence electrons. The minimum Gasteiger partial charge on any atom is -0.477 e. The van der Waals surface area contributed by atoms with Gasteiger partial charge in [-0.15, -0.1) is 11.3 Å². The fourth-order valence-electron chi connectivity index (χ4n) is 4.63. The van der Waals surface area contributed by atoms with Crippen molar-refractivity contribution in [2.45, 2.75) is 36.6 Å². The molecular formula is C25H25ClN4O8S2. The molecular weight excluding hydrogens is 584 g/mol. The summed E-state index contributed by atoms with van der Waals surface area (Å²) in [7, 11) is -4.26. The van der Waals surface area contributed by atoms with Crippen LogP contribution in [0.4, 0.5) is 5.69 Å². The number of thiophene rings is 1. The number of nitro groups is 1. The van der Waals surface area contributed by atoms with Crippen LogP contribution in [0.2, 0.25) is 4.34 Å². The molecule has 1 fully saturated rings. The smallest absolute Gasteiger partial charge is 0.318 e. The second-order valence-electron chi connectivity index (χ2n) is 9.51. The van der Waals surface area contributed by atoms with E-state index in [0.717, 1.165) is 0 Å². The fraction of sp³-hybridized carbons (Fsp3) is 0.320. The Morgan fingerprint density at radius 2 is 1.95 bits per heavy atom. The van der Waals surface area contributed by atoms with E-state index in [1.54, 1.807) is 44.2 Å². The number of nitrogens with one attached hydrogen (secondary N) is 1. The molecule has 0 spiro atoms. The maximum absolute atomic E-state index is 13.4. The van der Waals surface area contributed by atoms with Gasteiger partial charge in [0.1, 0.15) is 4.21 Å². The van der Waals surface area contributed by atoms with Crippen LogP contribution < -0.4 is 15.2 Å². The fourth-order valence-corrected chi connectivity index (χ4v) is 6.91. The summed E-state index contributed by atoms with van der Waals surface area (Å²) in [6.45, 7) is 2.68. The summed E-state index contributed by atoms with van der Waals surface area (Å²) in [6.07, 6.45) is 0.0766. The summed E-state index contributed by atoms with van der Waals surface area (Å²) in [4.78, 5) is 51.5. The number of primary sulfonamides is 1. The lowest BCUT2D eigenvalue weighted by molar-refractivity contribution is -0.384. The molecule has 0 aliphatic carbocycles. The van der Waals surface area contributed by atoms with E-state index in [2.05, 4.69) is 5.32 Å². The number of hydrogen-bond acceptors (Lipinski definition) is 9. The van der Waals surface area contributed by atoms with Crippen molar-refractivity contribution >= 4 is 67.0 Å². The molecule has 15 heteroatoms. The lowest BCUT2D eigenvalue weighted by Gasteiger charge is -2.24. The Balaban J connectivity index is 1.51. The first kappa shape index (κ1) is 29.4. The van der Waals surface area contributed by atoms with Crippen LogP contribution in [0, 0.1) is 16.0 Å². The van der Waals surface area contributed by atoms with Crippen molar-refractivity contribution in [2.75, 3.05) is 13.2 Å². The number of amides is 2. The van der Waals surface area contributed by atoms with Crippen molar-refractivity contribution in [3.8, 4) is 5.75 Å². The molecule has 2 heterocycles. The SMILES string of the molecule is CC(C)C(=O)[C@H]1C[C@@H](NC(=O)COc2ccc3ccccc3c2[N+](=O)[O-])CN1C(=O)c1cc(Cl)sc1S(N)(=O)=O. The van der Waals surface area contributed by atoms with Crippen LogP contribution in [0.5, 0.6) is 5.75 Å². The van der Waals surface area contributed by atoms with Crippen LogP contribution >= 0.6 is 22.9 Å². The monoisotopic (exact) mass is 608 g/mol. The van der Waals surface area contributed by atoms with Gasteiger partial charge < -0.3 is 15.0 Å². The molecule has 1 aliphatic rings. The lowest BCUT2D eigenvalue weighted by Crippen LogP contribution is -2.43. The predicted octanol–water partition coefficient (Wildman–Crippen LogP) is 3.11. The van der Waals surface area contributed by atoms with E-state index in [1.165, 1.54) is 17.0 Å². The van der Waals surface area contributed by atoms with E-state index in [1.807, 2.05) is 0 Å². The molecule has 2 atom stereocenters. The van der Waals surface area contributed by atoms with Gasteiger partial charge in [-0.05, 0) is 30.0 Å². The lowest BCUT2D eigenvalue weighted by atomic mass is 9.98. The molecule has 2 amide bonds. The third-order valence-electron chi connectivity index (χ3n) is 6.39. The maximum atomic E-state index is 13.4. The molecule has 1 saturated heterocycles. The zero-order valence-corrected chi connectivity index (χ0v) is 23.7. The van der Waals surface area contributed by atoms with Crippen LogP contribution in [0.1, 0.15) is 30.6 Å². The predicted molar refractivity (Wildman–Crippen MR) is 148 cm³/mol. The summed E-state index contributed by atoms with van der Waals surface area (Å²) in [5.41, 5.74) is -0.524. The number of rotatable bonds is 9. The van der Waals surface area contributed by atoms with Gasteiger partial charge in [0, 0.05) is 18.5 Å². The van der Waals surface area contributed by atoms with E-state index < -0.39 is 55.6 Å². The van der Waals surface area contributed by atoms with Crippen molar-refractivity contribution in [1.82, 2.24) is 10.2 Å². The maximum Gasteiger partial charge on any atom is 0.318 e. The normalized spacial score (nSPS) is 17.3. The Labute approximate surface area is 238 Å². The number of fused-ring (bicyclic) bond motifs is 1. The zero-order valence-electron chi connectivity index (χ0n) is 21.3. The van der Waals surface area contributed by atoms with Crippen molar-refractivity contribution in [2.24, 2.45) is 11.1 Å². The number of halogens is 1. The van der Waals surface area contributed by atoms with Gasteiger partial charge in [0.15, 0.2) is 18.1 Å². The van der Waals surface area contributed by atoms with Crippen molar-refractivity contribution in [1.29, 1.82) is 0 Å². The number of likely N-dealkylation sites (tertiary alicyclic amines) is 1. The number of benzene rings is 2. The first-order chi connectivity index (χ1) is 18.8. The van der Waals surface area contributed by atoms with Crippen LogP contribution in [0.25, 0.3) is 10.8 Å². The molecule has 3 N–H and O–H groups in total. The highest BCUT2D eigenvalue weighted by Crippen LogP contribution is 2.35. The van der Waals surface area contributed by atoms with Gasteiger partial charge in [0.05, 0.1) is 26.3 Å². The summed E-state index contributed by atoms with van der Waals surface area (Å²) in [5, 5.41) is 20.7. The second-order valence-corrected chi connectivity index (χ2v) is 12.9. The molecule has 0 unspecified atom stereocenters. The van der Waals surface area contributed by atoms with Crippen molar-refractivity contribution in [3.63, 3.8) is 0 Å². The summed E-state index contributed by atoms with van der Waals surface area (Å²) in [5.74, 6) is -2.19. The number of ether oxygens (including phenoxy) is 1. The highest BCUT2D eigenvalue weighted by atomic mass is 35.5. The second kappa shape index (κ2) is 11.5. The average molecular weight is 609 g/mol. The number of Topliss-reactive ketones (excluding diaryl/α,β-unsaturated/α-hetero) is 1. The first-order valence-electron chi connectivity index (χ1n) is 12.0. The van der Waals surface area contributed by atoms with Crippen LogP contribution in [-0.2, 0) is 19.6 Å². The number of hydrogen-bond donors (Lipinski definition) is 2. The van der Waals surface area contributed by atoms with Crippen LogP contribution in [0.15, 0.2) is 46.7 Å². The highest BCUT2D eigenvalue weighted by Gasteiger charge is 2.42. The molecule has 2 aromatic carbocycles. The Kier molecular flexibility index (Phi) is 8.44. The number of carbonyl (C=O) groups is 3. The summed E-state index contributed by atoms with van der Waals surface area (Å²) >= 11 is 6.59. The minimum absolute atomic E-state index is 0.0306. The number of nitro benzene ring substituents is 1. The molecule has 0 saturated carbocycles. The minimum atomic E-state index is -4.26. The number of carbonyl (C=O) groups excluding carboxylic acids is 3. The largest absolute Gasteiger partial charge is 0.477 e. The van der Waals surface area contributed by atoms with E-state index in [0.29, 0.717) is 22.1 Å². The van der Waals surface area contributed by atoms with Crippen LogP contribution in [-0.4, -0.2) is 61.1 Å². The quantitative estimate of drug-likeness (QED) is 0.275. The summed E-state index contributed by atoms with van der Waals surface area (Å²) in [6, 6.07) is 9.33. The molecule has 1 aliphatic heterocycles. The summed E-state index contributed by atoms with van der Waals surface area (Å²) < 4.78 is 29.2. The molecule has 0 radical (unpaired) electrons. The van der Waals surface area contributed by atoms with Gasteiger partial charge in [0.2, 0.25) is 10.0 Å². The topological polar surface area (TPSA) is 179 Å². The third-order valence-corrected chi connectivity index (χ3v) is 9.13. The molecule has 4 rings (SSSR count). The van der Waals surface area contributed by atoms with Gasteiger partial charge in [-0.1, -0.05) is 49.7 Å². The molecule has 0 bridgehead atoms. The van der Waals surface area contributed by atoms with Gasteiger partial charge in [-0.2, -0.15) is 0 Å². The zero-order chi connectivity index (χ0) is 29.4. The van der Waals surface area contributed by atoms with E-state index in [-0.39, 0.29) is 40.1 Å². The van der Waals surface area contributed by atoms with E-state index in [9.17, 15) is 32.9 Å². The van der Waals surface area contributed by atoms with Gasteiger partial charge >= 0.3 is 5.69 Å². The number of sulfonamides is 1. The third kappa shape index (κ3) is 6.09. The van der Waals surface area contributed by atoms with E-state index in [4.69, 9.17) is 21.5 Å². The Morgan fingerprint density at radius 3 is 2.60 bits per heavy atom. The number of nitrogens with two attached hydrogens (primary N) is 1. The first-order valence-corrected chi connectivity index (χ1v) is 14.8. The number of nitrogens with zero attached hydrogens (tertiary/aromatic N) is 2. The molecule has 3 aromatic rings. The van der Waals surface area contributed by atoms with E-state index >= 15 is 0 Å².